The number of carbonyl (C=O) groups is 1. The van der Waals surface area contributed by atoms with E-state index in [4.69, 9.17) is 23.2 Å². The first-order chi connectivity index (χ1) is 13.8. The quantitative estimate of drug-likeness (QED) is 0.744. The van der Waals surface area contributed by atoms with Crippen molar-refractivity contribution in [3.05, 3.63) is 63.9 Å². The first kappa shape index (κ1) is 21.8. The highest BCUT2D eigenvalue weighted by Gasteiger charge is 2.30. The first-order valence-corrected chi connectivity index (χ1v) is 11.2. The van der Waals surface area contributed by atoms with Gasteiger partial charge in [-0.1, -0.05) is 41.4 Å². The second-order valence-corrected chi connectivity index (χ2v) is 9.29. The van der Waals surface area contributed by atoms with Gasteiger partial charge in [-0.2, -0.15) is 4.31 Å². The van der Waals surface area contributed by atoms with Crippen molar-refractivity contribution in [1.82, 2.24) is 14.5 Å². The summed E-state index contributed by atoms with van der Waals surface area (Å²) < 4.78 is 40.4. The monoisotopic (exact) mass is 459 g/mol. The van der Waals surface area contributed by atoms with E-state index in [2.05, 4.69) is 5.32 Å². The van der Waals surface area contributed by atoms with Gasteiger partial charge in [-0.25, -0.2) is 17.6 Å². The van der Waals surface area contributed by atoms with Crippen LogP contribution in [0.5, 0.6) is 0 Å². The molecule has 1 aliphatic heterocycles. The third-order valence-corrected chi connectivity index (χ3v) is 7.32. The zero-order valence-corrected chi connectivity index (χ0v) is 17.8. The van der Waals surface area contributed by atoms with E-state index in [9.17, 15) is 17.6 Å². The predicted molar refractivity (Wildman–Crippen MR) is 110 cm³/mol. The Labute approximate surface area is 179 Å². The lowest BCUT2D eigenvalue weighted by atomic mass is 10.1. The van der Waals surface area contributed by atoms with Gasteiger partial charge < -0.3 is 10.2 Å². The van der Waals surface area contributed by atoms with E-state index in [1.807, 2.05) is 0 Å². The molecular weight excluding hydrogens is 440 g/mol. The van der Waals surface area contributed by atoms with Crippen molar-refractivity contribution < 1.29 is 17.6 Å². The van der Waals surface area contributed by atoms with Crippen LogP contribution in [0, 0.1) is 5.82 Å². The Bertz CT molecular complexity index is 996. The summed E-state index contributed by atoms with van der Waals surface area (Å²) in [5.41, 5.74) is 0.533. The summed E-state index contributed by atoms with van der Waals surface area (Å²) in [5, 5.41) is 3.19. The molecule has 10 heteroatoms. The van der Waals surface area contributed by atoms with E-state index >= 15 is 0 Å². The van der Waals surface area contributed by atoms with Crippen molar-refractivity contribution in [2.75, 3.05) is 32.7 Å². The van der Waals surface area contributed by atoms with E-state index in [0.717, 1.165) is 0 Å². The SMILES string of the molecule is O=C(NCCc1ccccc1F)N1CCN(S(=O)(=O)c2ccc(Cl)c(Cl)c2)CC1. The van der Waals surface area contributed by atoms with Crippen molar-refractivity contribution in [2.24, 2.45) is 0 Å². The molecule has 6 nitrogen and oxygen atoms in total. The lowest BCUT2D eigenvalue weighted by Gasteiger charge is -2.34. The van der Waals surface area contributed by atoms with E-state index in [-0.39, 0.29) is 53.0 Å². The third kappa shape index (κ3) is 5.19. The number of hydrogen-bond donors (Lipinski definition) is 1. The predicted octanol–water partition coefficient (Wildman–Crippen LogP) is 3.39. The molecule has 1 fully saturated rings. The van der Waals surface area contributed by atoms with Crippen LogP contribution in [0.25, 0.3) is 0 Å². The summed E-state index contributed by atoms with van der Waals surface area (Å²) >= 11 is 11.8. The Morgan fingerprint density at radius 1 is 1.03 bits per heavy atom. The molecular formula is C19H20Cl2FN3O3S. The molecule has 29 heavy (non-hydrogen) atoms. The van der Waals surface area contributed by atoms with Gasteiger partial charge in [-0.05, 0) is 36.2 Å². The Morgan fingerprint density at radius 3 is 2.38 bits per heavy atom. The summed E-state index contributed by atoms with van der Waals surface area (Å²) in [5.74, 6) is -0.303. The lowest BCUT2D eigenvalue weighted by molar-refractivity contribution is 0.172. The Morgan fingerprint density at radius 2 is 1.72 bits per heavy atom. The fourth-order valence-electron chi connectivity index (χ4n) is 3.03. The van der Waals surface area contributed by atoms with Gasteiger partial charge in [0, 0.05) is 32.7 Å². The number of halogens is 3. The average molecular weight is 460 g/mol. The molecule has 0 radical (unpaired) electrons. The lowest BCUT2D eigenvalue weighted by Crippen LogP contribution is -2.53. The maximum Gasteiger partial charge on any atom is 0.317 e. The molecule has 0 aromatic heterocycles. The van der Waals surface area contributed by atoms with Crippen molar-refractivity contribution >= 4 is 39.3 Å². The van der Waals surface area contributed by atoms with Gasteiger partial charge in [0.15, 0.2) is 0 Å². The Kier molecular flexibility index (Phi) is 7.00. The van der Waals surface area contributed by atoms with Crippen LogP contribution in [-0.2, 0) is 16.4 Å². The highest BCUT2D eigenvalue weighted by molar-refractivity contribution is 7.89. The molecule has 0 aliphatic carbocycles. The molecule has 156 valence electrons. The molecule has 0 unspecified atom stereocenters. The molecule has 3 rings (SSSR count). The minimum absolute atomic E-state index is 0.0645. The van der Waals surface area contributed by atoms with E-state index in [1.54, 1.807) is 23.1 Å². The number of urea groups is 1. The molecule has 0 spiro atoms. The van der Waals surface area contributed by atoms with Crippen molar-refractivity contribution in [1.29, 1.82) is 0 Å². The highest BCUT2D eigenvalue weighted by atomic mass is 35.5. The van der Waals surface area contributed by atoms with Gasteiger partial charge >= 0.3 is 6.03 Å². The van der Waals surface area contributed by atoms with Crippen molar-refractivity contribution in [3.63, 3.8) is 0 Å². The zero-order chi connectivity index (χ0) is 21.0. The second-order valence-electron chi connectivity index (χ2n) is 6.54. The fourth-order valence-corrected chi connectivity index (χ4v) is 4.85. The van der Waals surface area contributed by atoms with Crippen LogP contribution in [-0.4, -0.2) is 56.4 Å². The molecule has 0 bridgehead atoms. The molecule has 1 heterocycles. The zero-order valence-electron chi connectivity index (χ0n) is 15.4. The number of sulfonamides is 1. The Balaban J connectivity index is 1.52. The number of amides is 2. The average Bonchev–Trinajstić information content (AvgIpc) is 2.71. The van der Waals surface area contributed by atoms with Crippen molar-refractivity contribution in [3.8, 4) is 0 Å². The van der Waals surface area contributed by atoms with Crippen LogP contribution in [0.1, 0.15) is 5.56 Å². The number of nitrogens with zero attached hydrogens (tertiary/aromatic N) is 2. The number of benzene rings is 2. The standard InChI is InChI=1S/C19H20Cl2FN3O3S/c20-16-6-5-15(13-17(16)21)29(27,28)25-11-9-24(10-12-25)19(26)23-8-7-14-3-1-2-4-18(14)22/h1-6,13H,7-12H2,(H,23,26). The minimum atomic E-state index is -3.72. The molecule has 2 aromatic carbocycles. The molecule has 2 aromatic rings. The van der Waals surface area contributed by atoms with Crippen LogP contribution in [0.2, 0.25) is 10.0 Å². The van der Waals surface area contributed by atoms with Crippen LogP contribution in [0.4, 0.5) is 9.18 Å². The number of carbonyl (C=O) groups excluding carboxylic acids is 1. The van der Waals surface area contributed by atoms with Crippen LogP contribution < -0.4 is 5.32 Å². The van der Waals surface area contributed by atoms with Gasteiger partial charge in [0.05, 0.1) is 14.9 Å². The van der Waals surface area contributed by atoms with Gasteiger partial charge in [0.25, 0.3) is 0 Å². The Hall–Kier alpha value is -1.87. The molecule has 2 amide bonds. The third-order valence-electron chi connectivity index (χ3n) is 4.68. The van der Waals surface area contributed by atoms with Crippen LogP contribution in [0.3, 0.4) is 0 Å². The minimum Gasteiger partial charge on any atom is -0.338 e. The summed E-state index contributed by atoms with van der Waals surface area (Å²) in [6.07, 6.45) is 0.379. The topological polar surface area (TPSA) is 69.7 Å². The summed E-state index contributed by atoms with van der Waals surface area (Å²) in [7, 11) is -3.72. The van der Waals surface area contributed by atoms with Crippen LogP contribution >= 0.6 is 23.2 Å². The van der Waals surface area contributed by atoms with Crippen LogP contribution in [0.15, 0.2) is 47.4 Å². The van der Waals surface area contributed by atoms with Gasteiger partial charge in [-0.15, -0.1) is 0 Å². The molecule has 1 N–H and O–H groups in total. The molecule has 0 atom stereocenters. The number of hydrogen-bond acceptors (Lipinski definition) is 3. The summed E-state index contributed by atoms with van der Waals surface area (Å²) in [4.78, 5) is 13.9. The molecule has 1 aliphatic rings. The largest absolute Gasteiger partial charge is 0.338 e. The van der Waals surface area contributed by atoms with Gasteiger partial charge in [0.1, 0.15) is 5.82 Å². The number of piperazine rings is 1. The first-order valence-electron chi connectivity index (χ1n) is 9.00. The van der Waals surface area contributed by atoms with E-state index < -0.39 is 10.0 Å². The second kappa shape index (κ2) is 9.30. The normalized spacial score (nSPS) is 15.3. The van der Waals surface area contributed by atoms with Gasteiger partial charge in [-0.3, -0.25) is 0 Å². The maximum absolute atomic E-state index is 13.6. The highest BCUT2D eigenvalue weighted by Crippen LogP contribution is 2.27. The fraction of sp³-hybridized carbons (Fsp3) is 0.316. The summed E-state index contributed by atoms with van der Waals surface area (Å²) in [6, 6.07) is 10.3. The number of nitrogens with one attached hydrogen (secondary N) is 1. The van der Waals surface area contributed by atoms with Crippen molar-refractivity contribution in [2.45, 2.75) is 11.3 Å². The molecule has 0 saturated carbocycles. The van der Waals surface area contributed by atoms with E-state index in [1.165, 1.54) is 28.6 Å². The van der Waals surface area contributed by atoms with Gasteiger partial charge in [0.2, 0.25) is 10.0 Å². The number of rotatable bonds is 5. The molecule has 1 saturated heterocycles. The van der Waals surface area contributed by atoms with E-state index in [0.29, 0.717) is 18.5 Å². The maximum atomic E-state index is 13.6. The smallest absolute Gasteiger partial charge is 0.317 e. The summed E-state index contributed by atoms with van der Waals surface area (Å²) in [6.45, 7) is 1.15.